The number of aliphatic hydroxyl groups is 3. The number of hydrogen-bond acceptors (Lipinski definition) is 26. The second-order valence-electron chi connectivity index (χ2n) is 41.5. The van der Waals surface area contributed by atoms with Crippen LogP contribution in [0, 0.1) is 46.9 Å². The number of carbonyl (C=O) groups is 6. The summed E-state index contributed by atoms with van der Waals surface area (Å²) in [7, 11) is 0. The molecule has 0 bridgehead atoms. The van der Waals surface area contributed by atoms with E-state index in [0.717, 1.165) is 154 Å². The molecule has 1 spiro atoms. The van der Waals surface area contributed by atoms with E-state index in [4.69, 9.17) is 32.8 Å². The lowest BCUT2D eigenvalue weighted by Gasteiger charge is -2.56. The summed E-state index contributed by atoms with van der Waals surface area (Å²) in [5.74, 6) is 4.93. The number of aromatic amines is 1. The number of aliphatic hydroxyl groups excluding tert-OH is 3. The van der Waals surface area contributed by atoms with Crippen molar-refractivity contribution in [1.82, 2.24) is 91.1 Å². The highest BCUT2D eigenvalue weighted by Crippen LogP contribution is 2.56. The first-order chi connectivity index (χ1) is 67.7. The summed E-state index contributed by atoms with van der Waals surface area (Å²) in [5.41, 5.74) is 8.75. The Balaban J connectivity index is 0.507. The minimum atomic E-state index is -1.37. The minimum Gasteiger partial charge on any atom is -0.507 e. The predicted octanol–water partition coefficient (Wildman–Crippen LogP) is 8.96. The number of urea groups is 1. The quantitative estimate of drug-likeness (QED) is 0.0225. The lowest BCUT2D eigenvalue weighted by Crippen LogP contribution is -2.62. The van der Waals surface area contributed by atoms with Crippen LogP contribution in [0.15, 0.2) is 134 Å². The molecule has 2 saturated carbocycles. The summed E-state index contributed by atoms with van der Waals surface area (Å²) in [6.45, 7) is 17.6. The molecule has 34 heteroatoms. The highest BCUT2D eigenvalue weighted by molar-refractivity contribution is 5.95. The molecule has 0 radical (unpaired) electrons. The Hall–Kier alpha value is -13.1. The Morgan fingerprint density at radius 3 is 1.84 bits per heavy atom. The average molecular weight is 1900 g/mol. The van der Waals surface area contributed by atoms with E-state index < -0.39 is 95.4 Å². The first-order valence-electron chi connectivity index (χ1n) is 50.0. The first-order valence-corrected chi connectivity index (χ1v) is 50.0. The number of aromatic hydroxyl groups is 2. The number of aromatic nitrogens is 9. The highest BCUT2D eigenvalue weighted by atomic mass is 16.3. The monoisotopic (exact) mass is 1900 g/mol. The van der Waals surface area contributed by atoms with Crippen LogP contribution < -0.4 is 46.2 Å². The summed E-state index contributed by atoms with van der Waals surface area (Å²) >= 11 is 0. The maximum Gasteiger partial charge on any atom is 0.318 e. The standard InChI is InChI=1S/C106H129N23O11/c1-8-67-18-20-69(21-19-67)56-108-97(136)87-50-78(131)63-128(87)100(139)93(115-96(135)72-26-33-106(34-27-72)54-75(55-106)121-38-28-71(29-39-121)73-57-109-101(110-58-73)125-47-48-127-77(62-125)61-107-95-86(127)53-85(118-120-95)81-15-11-13-17-90(81)134)105(7,37-49-130)36-35-104(5,6)92(99(138)129-64-79(132)51-88(129)98(137)113-65(3)70-24-22-68(9-2)23-25-70)116-103(140)124-45-43-123(44-46-124)74-30-40-122(41-31-74)76-59-111-102(112-60-76)126-42-32-83-91(66(126)4)82-52-84(117-119-94(82)114-83)80-14-10-12-16-89(80)133/h1-2,10-25,52-53,57-60,65-66,71-72,74-75,77-79,87-88,92-93,130-134H,26-51,54-56,61-64H2,3-7H3,(H,107,120)(H,108,136)(H,113,137)(H,114,119)(H,115,135)(H,116,140)/t65-,66+,72-,75-,77-,78+,79+,87-,88-,92+,93-,105?,106?/m0/s1. The predicted molar refractivity (Wildman–Crippen MR) is 531 cm³/mol. The van der Waals surface area contributed by atoms with Crippen molar-refractivity contribution in [2.75, 3.05) is 130 Å². The number of rotatable bonds is 26. The van der Waals surface area contributed by atoms with Crippen LogP contribution in [0.5, 0.6) is 11.5 Å². The Labute approximate surface area is 816 Å². The van der Waals surface area contributed by atoms with Gasteiger partial charge in [-0.25, -0.2) is 24.7 Å². The second-order valence-corrected chi connectivity index (χ2v) is 41.5. The van der Waals surface area contributed by atoms with Gasteiger partial charge in [0.2, 0.25) is 41.4 Å². The molecule has 10 aliphatic rings. The van der Waals surface area contributed by atoms with E-state index in [1.807, 2.05) is 113 Å². The van der Waals surface area contributed by atoms with E-state index in [2.05, 4.69) is 100 Å². The number of carbonyl (C=O) groups excluding carboxylic acids is 6. The van der Waals surface area contributed by atoms with E-state index in [1.165, 1.54) is 9.80 Å². The fourth-order valence-electron chi connectivity index (χ4n) is 23.8. The van der Waals surface area contributed by atoms with Crippen LogP contribution >= 0.6 is 0 Å². The number of likely N-dealkylation sites (tertiary alicyclic amines) is 3. The van der Waals surface area contributed by atoms with Gasteiger partial charge < -0.3 is 96.3 Å². The lowest BCUT2D eigenvalue weighted by molar-refractivity contribution is -0.146. The normalized spacial score (nSPS) is 24.1. The van der Waals surface area contributed by atoms with Gasteiger partial charge in [0.1, 0.15) is 35.7 Å². The zero-order valence-corrected chi connectivity index (χ0v) is 80.5. The minimum absolute atomic E-state index is 0.0285. The number of phenolic OH excluding ortho intramolecular Hbond substituents is 2. The van der Waals surface area contributed by atoms with Gasteiger partial charge in [0.05, 0.1) is 65.5 Å². The summed E-state index contributed by atoms with van der Waals surface area (Å²) < 4.78 is 0. The molecule has 4 aromatic carbocycles. The molecule has 2 aliphatic carbocycles. The van der Waals surface area contributed by atoms with Gasteiger partial charge in [-0.3, -0.25) is 28.9 Å². The molecule has 10 atom stereocenters. The third-order valence-electron chi connectivity index (χ3n) is 32.4. The van der Waals surface area contributed by atoms with Crippen LogP contribution in [0.1, 0.15) is 188 Å². The molecule has 5 aromatic heterocycles. The molecule has 140 heavy (non-hydrogen) atoms. The number of nitrogens with zero attached hydrogens (tertiary/aromatic N) is 17. The molecule has 1 unspecified atom stereocenters. The molecule has 6 saturated heterocycles. The Morgan fingerprint density at radius 2 is 1.19 bits per heavy atom. The smallest absolute Gasteiger partial charge is 0.318 e. The SMILES string of the molecule is C#Cc1ccc(CNC(=O)[C@@H]2C[C@@H](O)CN2C(=O)[C@H](NC(=O)[C@H]2CCC3(CC2)C[C@H](N2CCC(c4cnc(N5CCN6c7cc(-c8ccccc8O)nnc7NC[C@H]6C5)nc4)CC2)C3)C(C)(CCO)CCC(C)(C)[C@H](NC(=O)N2CCN(C3CCN(c4cnc(N5CCc6[nH]c7nnc(-c8ccccc8O)cc7c6[C@H]5C)nc4)CC3)CC2)C(=O)N2C[C@H](O)C[C@H]2C(=O)N[C@@H](C)c2ccc(C#C)cc2)cc1. The zero-order chi connectivity index (χ0) is 97.4. The number of H-pyrrole nitrogens is 1. The van der Waals surface area contributed by atoms with Gasteiger partial charge in [0, 0.05) is 187 Å². The van der Waals surface area contributed by atoms with Crippen molar-refractivity contribution < 1.29 is 54.3 Å². The van der Waals surface area contributed by atoms with Gasteiger partial charge in [0.25, 0.3) is 0 Å². The third-order valence-corrected chi connectivity index (χ3v) is 32.4. The van der Waals surface area contributed by atoms with E-state index in [0.29, 0.717) is 115 Å². The molecule has 8 aliphatic heterocycles. The maximum atomic E-state index is 16.1. The van der Waals surface area contributed by atoms with Gasteiger partial charge >= 0.3 is 6.03 Å². The van der Waals surface area contributed by atoms with Crippen molar-refractivity contribution in [3.8, 4) is 58.7 Å². The Morgan fingerprint density at radius 1 is 0.586 bits per heavy atom. The number of piperazine rings is 2. The van der Waals surface area contributed by atoms with Crippen molar-refractivity contribution >= 4 is 75.7 Å². The second kappa shape index (κ2) is 40.6. The van der Waals surface area contributed by atoms with E-state index in [1.54, 1.807) is 53.4 Å². The molecule has 19 rings (SSSR count). The van der Waals surface area contributed by atoms with Crippen molar-refractivity contribution in [1.29, 1.82) is 0 Å². The molecular formula is C106H129N23O11. The van der Waals surface area contributed by atoms with Crippen LogP contribution in [0.25, 0.3) is 33.5 Å². The van der Waals surface area contributed by atoms with Crippen molar-refractivity contribution in [2.24, 2.45) is 22.2 Å². The number of fused-ring (bicyclic) bond motifs is 6. The van der Waals surface area contributed by atoms with E-state index in [9.17, 15) is 35.1 Å². The summed E-state index contributed by atoms with van der Waals surface area (Å²) in [6, 6.07) is 27.3. The summed E-state index contributed by atoms with van der Waals surface area (Å²) in [4.78, 5) is 134. The number of terminal acetylenes is 2. The number of para-hydroxylation sites is 2. The summed E-state index contributed by atoms with van der Waals surface area (Å²) in [6.07, 6.45) is 26.3. The van der Waals surface area contributed by atoms with Gasteiger partial charge in [0.15, 0.2) is 11.5 Å². The number of hydrogen-bond donors (Lipinski definition) is 11. The number of benzene rings is 4. The molecule has 11 N–H and O–H groups in total. The largest absolute Gasteiger partial charge is 0.507 e. The zero-order valence-electron chi connectivity index (χ0n) is 80.5. The number of amides is 7. The summed E-state index contributed by atoms with van der Waals surface area (Å²) in [5, 5.41) is 90.6. The average Bonchev–Trinajstić information content (AvgIpc) is 1.77. The number of nitrogens with one attached hydrogen (secondary N) is 6. The number of β-amino-alcohol motifs (C(OH)–C–C–N with tert-alkyl or cyclic N) is 2. The highest BCUT2D eigenvalue weighted by Gasteiger charge is 2.54. The van der Waals surface area contributed by atoms with Crippen molar-refractivity contribution in [3.05, 3.63) is 173 Å². The van der Waals surface area contributed by atoms with E-state index >= 15 is 19.2 Å². The fraction of sp³-hybridized carbons (Fsp3) is 0.509. The molecule has 734 valence electrons. The lowest BCUT2D eigenvalue weighted by atomic mass is 9.56. The van der Waals surface area contributed by atoms with Crippen LogP contribution in [-0.2, 0) is 36.9 Å². The molecular weight excluding hydrogens is 1770 g/mol. The number of phenols is 2. The number of anilines is 5. The number of piperidine rings is 2. The Bertz CT molecular complexity index is 6090. The molecule has 34 nitrogen and oxygen atoms in total. The van der Waals surface area contributed by atoms with Crippen LogP contribution in [-0.4, -0.2) is 290 Å². The van der Waals surface area contributed by atoms with Crippen molar-refractivity contribution in [2.45, 2.75) is 216 Å². The van der Waals surface area contributed by atoms with Crippen LogP contribution in [0.4, 0.5) is 33.9 Å². The van der Waals surface area contributed by atoms with Crippen LogP contribution in [0.3, 0.4) is 0 Å². The fourth-order valence-corrected chi connectivity index (χ4v) is 23.8. The topological polar surface area (TPSA) is 412 Å². The maximum absolute atomic E-state index is 16.1. The van der Waals surface area contributed by atoms with Gasteiger partial charge in [-0.05, 0) is 210 Å². The third kappa shape index (κ3) is 20.0. The van der Waals surface area contributed by atoms with Gasteiger partial charge in [-0.15, -0.1) is 33.2 Å². The molecule has 9 aromatic rings. The van der Waals surface area contributed by atoms with E-state index in [-0.39, 0.29) is 92.7 Å². The van der Waals surface area contributed by atoms with Gasteiger partial charge in [-0.1, -0.05) is 81.1 Å². The first kappa shape index (κ1) is 95.8. The molecule has 7 amide bonds. The molecule has 13 heterocycles. The Kier molecular flexibility index (Phi) is 27.8. The van der Waals surface area contributed by atoms with Crippen molar-refractivity contribution in [3.63, 3.8) is 0 Å². The van der Waals surface area contributed by atoms with Crippen LogP contribution in [0.2, 0.25) is 0 Å². The molecule has 8 fully saturated rings. The van der Waals surface area contributed by atoms with Gasteiger partial charge in [-0.2, -0.15) is 0 Å².